The Morgan fingerprint density at radius 1 is 1.05 bits per heavy atom. The van der Waals surface area contributed by atoms with Crippen LogP contribution in [0.1, 0.15) is 42.4 Å². The highest BCUT2D eigenvalue weighted by molar-refractivity contribution is 5.74. The van der Waals surface area contributed by atoms with Gasteiger partial charge in [0.15, 0.2) is 0 Å². The molecule has 1 heterocycles. The van der Waals surface area contributed by atoms with Crippen molar-refractivity contribution >= 4 is 6.03 Å². The summed E-state index contributed by atoms with van der Waals surface area (Å²) in [5.74, 6) is 0.909. The Morgan fingerprint density at radius 2 is 1.68 bits per heavy atom. The van der Waals surface area contributed by atoms with Crippen molar-refractivity contribution in [2.24, 2.45) is 0 Å². The fourth-order valence-electron chi connectivity index (χ4n) is 2.79. The lowest BCUT2D eigenvalue weighted by molar-refractivity contribution is 0.196. The third-order valence-corrected chi connectivity index (χ3v) is 4.32. The molecule has 0 saturated carbocycles. The van der Waals surface area contributed by atoms with Crippen LogP contribution < -0.4 is 10.1 Å². The number of aryl methyl sites for hydroxylation is 3. The van der Waals surface area contributed by atoms with Crippen LogP contribution in [0.2, 0.25) is 0 Å². The molecule has 2 amide bonds. The highest BCUT2D eigenvalue weighted by Crippen LogP contribution is 2.22. The summed E-state index contributed by atoms with van der Waals surface area (Å²) in [7, 11) is 0. The molecule has 0 bridgehead atoms. The Labute approximate surface area is 133 Å². The van der Waals surface area contributed by atoms with Gasteiger partial charge in [-0.25, -0.2) is 4.79 Å². The van der Waals surface area contributed by atoms with E-state index in [0.717, 1.165) is 37.2 Å². The van der Waals surface area contributed by atoms with Gasteiger partial charge in [0, 0.05) is 13.1 Å². The number of likely N-dealkylation sites (tertiary alicyclic amines) is 1. The van der Waals surface area contributed by atoms with Gasteiger partial charge in [-0.2, -0.15) is 0 Å². The molecule has 1 aliphatic heterocycles. The van der Waals surface area contributed by atoms with E-state index < -0.39 is 0 Å². The molecule has 1 saturated heterocycles. The van der Waals surface area contributed by atoms with Crippen molar-refractivity contribution < 1.29 is 9.53 Å². The molecule has 4 heteroatoms. The smallest absolute Gasteiger partial charge is 0.317 e. The number of hydrogen-bond donors (Lipinski definition) is 1. The minimum absolute atomic E-state index is 0.0438. The number of rotatable bonds is 4. The first kappa shape index (κ1) is 16.7. The van der Waals surface area contributed by atoms with Gasteiger partial charge in [-0.3, -0.25) is 0 Å². The van der Waals surface area contributed by atoms with E-state index >= 15 is 0 Å². The van der Waals surface area contributed by atoms with Gasteiger partial charge in [-0.15, -0.1) is 0 Å². The quantitative estimate of drug-likeness (QED) is 0.864. The molecule has 22 heavy (non-hydrogen) atoms. The van der Waals surface area contributed by atoms with Crippen LogP contribution in [0.4, 0.5) is 4.79 Å². The summed E-state index contributed by atoms with van der Waals surface area (Å²) in [5.41, 5.74) is 3.65. The first-order chi connectivity index (χ1) is 10.6. The summed E-state index contributed by atoms with van der Waals surface area (Å²) in [4.78, 5) is 14.0. The molecule has 1 aromatic carbocycles. The van der Waals surface area contributed by atoms with Crippen LogP contribution in [-0.4, -0.2) is 37.2 Å². The van der Waals surface area contributed by atoms with Crippen molar-refractivity contribution in [2.45, 2.75) is 46.5 Å². The number of ether oxygens (including phenoxy) is 1. The Kier molecular flexibility index (Phi) is 6.10. The maximum atomic E-state index is 12.1. The lowest BCUT2D eigenvalue weighted by Gasteiger charge is -2.21. The van der Waals surface area contributed by atoms with Crippen molar-refractivity contribution in [3.8, 4) is 5.75 Å². The number of benzene rings is 1. The van der Waals surface area contributed by atoms with Crippen molar-refractivity contribution in [1.82, 2.24) is 10.2 Å². The fraction of sp³-hybridized carbons (Fsp3) is 0.611. The van der Waals surface area contributed by atoms with Gasteiger partial charge in [0.1, 0.15) is 12.4 Å². The Hall–Kier alpha value is -1.71. The van der Waals surface area contributed by atoms with Crippen LogP contribution in [0.3, 0.4) is 0 Å². The molecule has 0 aliphatic carbocycles. The molecule has 0 spiro atoms. The third-order valence-electron chi connectivity index (χ3n) is 4.32. The van der Waals surface area contributed by atoms with Gasteiger partial charge in [0.05, 0.1) is 6.54 Å². The Balaban J connectivity index is 1.74. The lowest BCUT2D eigenvalue weighted by atomic mass is 10.1. The highest BCUT2D eigenvalue weighted by Gasteiger charge is 2.14. The zero-order valence-corrected chi connectivity index (χ0v) is 14.1. The van der Waals surface area contributed by atoms with E-state index in [4.69, 9.17) is 4.74 Å². The number of nitrogens with one attached hydrogen (secondary N) is 1. The predicted octanol–water partition coefficient (Wildman–Crippen LogP) is 3.58. The molecule has 2 rings (SSSR count). The molecular formula is C18H28N2O2. The van der Waals surface area contributed by atoms with Crippen LogP contribution in [0.5, 0.6) is 5.75 Å². The number of carbonyl (C=O) groups is 1. The molecule has 1 N–H and O–H groups in total. The summed E-state index contributed by atoms with van der Waals surface area (Å²) < 4.78 is 5.80. The number of hydrogen-bond acceptors (Lipinski definition) is 2. The minimum atomic E-state index is 0.0438. The number of carbonyl (C=O) groups excluding carboxylic acids is 1. The predicted molar refractivity (Wildman–Crippen MR) is 89.6 cm³/mol. The third kappa shape index (κ3) is 4.65. The minimum Gasteiger partial charge on any atom is -0.491 e. The summed E-state index contributed by atoms with van der Waals surface area (Å²) in [6, 6.07) is 4.25. The van der Waals surface area contributed by atoms with Crippen molar-refractivity contribution in [2.75, 3.05) is 26.2 Å². The average Bonchev–Trinajstić information content (AvgIpc) is 2.77. The van der Waals surface area contributed by atoms with E-state index in [1.807, 2.05) is 4.90 Å². The monoisotopic (exact) mass is 304 g/mol. The summed E-state index contributed by atoms with van der Waals surface area (Å²) >= 11 is 0. The van der Waals surface area contributed by atoms with E-state index in [1.165, 1.54) is 24.0 Å². The lowest BCUT2D eigenvalue weighted by Crippen LogP contribution is -2.41. The zero-order chi connectivity index (χ0) is 15.9. The van der Waals surface area contributed by atoms with Gasteiger partial charge in [0.2, 0.25) is 0 Å². The molecule has 0 aromatic heterocycles. The van der Waals surface area contributed by atoms with E-state index in [-0.39, 0.29) is 6.03 Å². The highest BCUT2D eigenvalue weighted by atomic mass is 16.5. The van der Waals surface area contributed by atoms with Crippen LogP contribution in [0.15, 0.2) is 12.1 Å². The summed E-state index contributed by atoms with van der Waals surface area (Å²) in [6.45, 7) is 9.05. The van der Waals surface area contributed by atoms with Crippen molar-refractivity contribution in [1.29, 1.82) is 0 Å². The first-order valence-corrected chi connectivity index (χ1v) is 8.31. The van der Waals surface area contributed by atoms with Crippen molar-refractivity contribution in [3.05, 3.63) is 28.8 Å². The molecule has 1 fully saturated rings. The van der Waals surface area contributed by atoms with E-state index in [0.29, 0.717) is 13.2 Å². The SMILES string of the molecule is Cc1cc(C)c(OCCNC(=O)N2CCCCCC2)cc1C. The normalized spacial score (nSPS) is 15.3. The molecule has 0 atom stereocenters. The molecule has 0 unspecified atom stereocenters. The molecular weight excluding hydrogens is 276 g/mol. The van der Waals surface area contributed by atoms with Crippen LogP contribution >= 0.6 is 0 Å². The fourth-order valence-corrected chi connectivity index (χ4v) is 2.79. The largest absolute Gasteiger partial charge is 0.491 e. The van der Waals surface area contributed by atoms with E-state index in [9.17, 15) is 4.79 Å². The van der Waals surface area contributed by atoms with Crippen LogP contribution in [-0.2, 0) is 0 Å². The summed E-state index contributed by atoms with van der Waals surface area (Å²) in [5, 5.41) is 2.96. The molecule has 1 aliphatic rings. The molecule has 122 valence electrons. The molecule has 1 aromatic rings. The Morgan fingerprint density at radius 3 is 2.36 bits per heavy atom. The van der Waals surface area contributed by atoms with Crippen molar-refractivity contribution in [3.63, 3.8) is 0 Å². The summed E-state index contributed by atoms with van der Waals surface area (Å²) in [6.07, 6.45) is 4.70. The topological polar surface area (TPSA) is 41.6 Å². The zero-order valence-electron chi connectivity index (χ0n) is 14.1. The Bertz CT molecular complexity index is 506. The second-order valence-electron chi connectivity index (χ2n) is 6.18. The van der Waals surface area contributed by atoms with Gasteiger partial charge >= 0.3 is 6.03 Å². The van der Waals surface area contributed by atoms with Gasteiger partial charge in [-0.05, 0) is 56.4 Å². The van der Waals surface area contributed by atoms with E-state index in [1.54, 1.807) is 0 Å². The maximum Gasteiger partial charge on any atom is 0.317 e. The molecule has 0 radical (unpaired) electrons. The van der Waals surface area contributed by atoms with Crippen LogP contribution in [0.25, 0.3) is 0 Å². The van der Waals surface area contributed by atoms with Gasteiger partial charge in [-0.1, -0.05) is 18.9 Å². The second-order valence-corrected chi connectivity index (χ2v) is 6.18. The van der Waals surface area contributed by atoms with E-state index in [2.05, 4.69) is 38.2 Å². The second kappa shape index (κ2) is 8.06. The molecule has 4 nitrogen and oxygen atoms in total. The standard InChI is InChI=1S/C18H28N2O2/c1-14-12-16(3)17(13-15(14)2)22-11-8-19-18(21)20-9-6-4-5-7-10-20/h12-13H,4-11H2,1-3H3,(H,19,21). The first-order valence-electron chi connectivity index (χ1n) is 8.31. The maximum absolute atomic E-state index is 12.1. The number of urea groups is 1. The average molecular weight is 304 g/mol. The number of amides is 2. The van der Waals surface area contributed by atoms with Gasteiger partial charge < -0.3 is 15.0 Å². The van der Waals surface area contributed by atoms with Gasteiger partial charge in [0.25, 0.3) is 0 Å². The number of nitrogens with zero attached hydrogens (tertiary/aromatic N) is 1. The van der Waals surface area contributed by atoms with Crippen LogP contribution in [0, 0.1) is 20.8 Å².